The number of nitrogens with one attached hydrogen (secondary N) is 1. The summed E-state index contributed by atoms with van der Waals surface area (Å²) in [6.07, 6.45) is 2.65. The summed E-state index contributed by atoms with van der Waals surface area (Å²) < 4.78 is 51.3. The molecular weight excluding hydrogens is 423 g/mol. The summed E-state index contributed by atoms with van der Waals surface area (Å²) in [7, 11) is -1.05. The van der Waals surface area contributed by atoms with Crippen molar-refractivity contribution in [1.29, 1.82) is 0 Å². The van der Waals surface area contributed by atoms with Gasteiger partial charge in [0, 0.05) is 17.7 Å². The molecule has 0 saturated carbocycles. The summed E-state index contributed by atoms with van der Waals surface area (Å²) in [6.45, 7) is 3.59. The third-order valence-electron chi connectivity index (χ3n) is 4.79. The number of hydrogen-bond donors (Lipinski definition) is 1. The molecule has 0 fully saturated rings. The van der Waals surface area contributed by atoms with Gasteiger partial charge in [0.1, 0.15) is 5.82 Å². The van der Waals surface area contributed by atoms with Crippen molar-refractivity contribution in [1.82, 2.24) is 5.32 Å². The Morgan fingerprint density at radius 2 is 1.77 bits per heavy atom. The minimum absolute atomic E-state index is 0.0737. The summed E-state index contributed by atoms with van der Waals surface area (Å²) in [5.41, 5.74) is 0.334. The normalized spacial score (nSPS) is 12.2. The standard InChI is InChI=1S/C22H29FN2O5S/c1-6-9-15(2)24-22(26)17-12-20(29-3)21(30-4)13-19(17)25(31(5,27)28)14-16-10-7-8-11-18(16)23/h7-8,10-13,15H,6,9,14H2,1-5H3,(H,24,26)/t15-/m0/s1. The molecule has 1 atom stereocenters. The van der Waals surface area contributed by atoms with E-state index in [1.807, 2.05) is 13.8 Å². The van der Waals surface area contributed by atoms with E-state index in [2.05, 4.69) is 5.32 Å². The fourth-order valence-corrected chi connectivity index (χ4v) is 4.11. The van der Waals surface area contributed by atoms with Gasteiger partial charge >= 0.3 is 0 Å². The molecule has 0 heterocycles. The van der Waals surface area contributed by atoms with Gasteiger partial charge in [0.05, 0.1) is 38.3 Å². The van der Waals surface area contributed by atoms with Crippen molar-refractivity contribution < 1.29 is 27.1 Å². The van der Waals surface area contributed by atoms with Gasteiger partial charge in [-0.15, -0.1) is 0 Å². The van der Waals surface area contributed by atoms with Gasteiger partial charge in [-0.2, -0.15) is 0 Å². The van der Waals surface area contributed by atoms with Crippen LogP contribution in [0.15, 0.2) is 36.4 Å². The molecule has 2 rings (SSSR count). The smallest absolute Gasteiger partial charge is 0.253 e. The van der Waals surface area contributed by atoms with Crippen molar-refractivity contribution in [2.24, 2.45) is 0 Å². The van der Waals surface area contributed by atoms with Gasteiger partial charge in [0.25, 0.3) is 5.91 Å². The highest BCUT2D eigenvalue weighted by Crippen LogP contribution is 2.37. The molecule has 2 aromatic rings. The van der Waals surface area contributed by atoms with E-state index in [0.717, 1.165) is 23.4 Å². The van der Waals surface area contributed by atoms with Crippen LogP contribution in [0.4, 0.5) is 10.1 Å². The first-order chi connectivity index (χ1) is 14.6. The Labute approximate surface area is 183 Å². The highest BCUT2D eigenvalue weighted by atomic mass is 32.2. The summed E-state index contributed by atoms with van der Waals surface area (Å²) in [4.78, 5) is 13.1. The van der Waals surface area contributed by atoms with E-state index in [-0.39, 0.29) is 40.9 Å². The van der Waals surface area contributed by atoms with E-state index >= 15 is 0 Å². The number of methoxy groups -OCH3 is 2. The van der Waals surface area contributed by atoms with Crippen molar-refractivity contribution in [2.75, 3.05) is 24.8 Å². The van der Waals surface area contributed by atoms with Gasteiger partial charge < -0.3 is 14.8 Å². The molecule has 0 radical (unpaired) electrons. The first-order valence-electron chi connectivity index (χ1n) is 9.90. The molecule has 31 heavy (non-hydrogen) atoms. The summed E-state index contributed by atoms with van der Waals surface area (Å²) >= 11 is 0. The lowest BCUT2D eigenvalue weighted by Crippen LogP contribution is -2.36. The van der Waals surface area contributed by atoms with Gasteiger partial charge in [-0.25, -0.2) is 12.8 Å². The molecule has 0 spiro atoms. The van der Waals surface area contributed by atoms with Crippen LogP contribution < -0.4 is 19.1 Å². The van der Waals surface area contributed by atoms with Gasteiger partial charge in [-0.3, -0.25) is 9.10 Å². The monoisotopic (exact) mass is 452 g/mol. The number of rotatable bonds is 10. The minimum Gasteiger partial charge on any atom is -0.493 e. The van der Waals surface area contributed by atoms with E-state index in [4.69, 9.17) is 9.47 Å². The molecule has 0 bridgehead atoms. The lowest BCUT2D eigenvalue weighted by atomic mass is 10.1. The second-order valence-corrected chi connectivity index (χ2v) is 9.16. The molecule has 170 valence electrons. The van der Waals surface area contributed by atoms with Crippen LogP contribution in [0.3, 0.4) is 0 Å². The van der Waals surface area contributed by atoms with Crippen LogP contribution in [0.25, 0.3) is 0 Å². The Bertz CT molecular complexity index is 1030. The Kier molecular flexibility index (Phi) is 8.27. The first kappa shape index (κ1) is 24.5. The molecule has 0 aliphatic rings. The number of benzene rings is 2. The van der Waals surface area contributed by atoms with Crippen LogP contribution in [0.5, 0.6) is 11.5 Å². The van der Waals surface area contributed by atoms with Crippen molar-refractivity contribution in [3.05, 3.63) is 53.3 Å². The number of anilines is 1. The molecule has 7 nitrogen and oxygen atoms in total. The van der Waals surface area contributed by atoms with E-state index in [1.165, 1.54) is 44.6 Å². The van der Waals surface area contributed by atoms with Gasteiger partial charge in [0.15, 0.2) is 11.5 Å². The zero-order valence-electron chi connectivity index (χ0n) is 18.4. The lowest BCUT2D eigenvalue weighted by Gasteiger charge is -2.26. The maximum Gasteiger partial charge on any atom is 0.253 e. The zero-order valence-corrected chi connectivity index (χ0v) is 19.3. The van der Waals surface area contributed by atoms with Crippen molar-refractivity contribution in [2.45, 2.75) is 39.3 Å². The number of carbonyl (C=O) groups excluding carboxylic acids is 1. The Hall–Kier alpha value is -2.81. The van der Waals surface area contributed by atoms with Crippen LogP contribution in [0, 0.1) is 5.82 Å². The Balaban J connectivity index is 2.65. The van der Waals surface area contributed by atoms with E-state index < -0.39 is 21.7 Å². The number of ether oxygens (including phenoxy) is 2. The lowest BCUT2D eigenvalue weighted by molar-refractivity contribution is 0.0938. The Morgan fingerprint density at radius 1 is 1.16 bits per heavy atom. The largest absolute Gasteiger partial charge is 0.493 e. The number of nitrogens with zero attached hydrogens (tertiary/aromatic N) is 1. The van der Waals surface area contributed by atoms with E-state index in [0.29, 0.717) is 0 Å². The predicted octanol–water partition coefficient (Wildman–Crippen LogP) is 3.73. The van der Waals surface area contributed by atoms with Crippen LogP contribution in [-0.2, 0) is 16.6 Å². The molecule has 0 aromatic heterocycles. The highest BCUT2D eigenvalue weighted by Gasteiger charge is 2.27. The quantitative estimate of drug-likeness (QED) is 0.594. The van der Waals surface area contributed by atoms with Crippen molar-refractivity contribution in [3.8, 4) is 11.5 Å². The van der Waals surface area contributed by atoms with Crippen molar-refractivity contribution in [3.63, 3.8) is 0 Å². The summed E-state index contributed by atoms with van der Waals surface area (Å²) in [5, 5.41) is 2.88. The second-order valence-electron chi connectivity index (χ2n) is 7.25. The van der Waals surface area contributed by atoms with Crippen LogP contribution in [0.2, 0.25) is 0 Å². The number of hydrogen-bond acceptors (Lipinski definition) is 5. The molecule has 9 heteroatoms. The molecular formula is C22H29FN2O5S. The third-order valence-corrected chi connectivity index (χ3v) is 5.91. The van der Waals surface area contributed by atoms with Gasteiger partial charge in [0.2, 0.25) is 10.0 Å². The number of sulfonamides is 1. The number of halogens is 1. The number of carbonyl (C=O) groups is 1. The molecule has 0 aliphatic heterocycles. The SMILES string of the molecule is CCC[C@H](C)NC(=O)c1cc(OC)c(OC)cc1N(Cc1ccccc1F)S(C)(=O)=O. The average Bonchev–Trinajstić information content (AvgIpc) is 2.71. The topological polar surface area (TPSA) is 84.9 Å². The molecule has 0 unspecified atom stereocenters. The second kappa shape index (κ2) is 10.5. The fourth-order valence-electron chi connectivity index (χ4n) is 3.23. The first-order valence-corrected chi connectivity index (χ1v) is 11.7. The third kappa shape index (κ3) is 6.10. The van der Waals surface area contributed by atoms with Crippen LogP contribution in [0.1, 0.15) is 42.6 Å². The average molecular weight is 453 g/mol. The minimum atomic E-state index is -3.88. The molecule has 1 amide bonds. The van der Waals surface area contributed by atoms with E-state index in [9.17, 15) is 17.6 Å². The maximum atomic E-state index is 14.3. The van der Waals surface area contributed by atoms with E-state index in [1.54, 1.807) is 6.07 Å². The van der Waals surface area contributed by atoms with Gasteiger partial charge in [-0.1, -0.05) is 31.5 Å². The molecule has 2 aromatic carbocycles. The predicted molar refractivity (Wildman–Crippen MR) is 119 cm³/mol. The molecule has 0 saturated heterocycles. The fraction of sp³-hybridized carbons (Fsp3) is 0.409. The highest BCUT2D eigenvalue weighted by molar-refractivity contribution is 7.92. The molecule has 1 N–H and O–H groups in total. The van der Waals surface area contributed by atoms with Crippen LogP contribution >= 0.6 is 0 Å². The van der Waals surface area contributed by atoms with Crippen LogP contribution in [-0.4, -0.2) is 40.8 Å². The Morgan fingerprint density at radius 3 is 2.32 bits per heavy atom. The zero-order chi connectivity index (χ0) is 23.2. The molecule has 0 aliphatic carbocycles. The summed E-state index contributed by atoms with van der Waals surface area (Å²) in [5.74, 6) is -0.477. The number of amides is 1. The van der Waals surface area contributed by atoms with Crippen molar-refractivity contribution >= 4 is 21.6 Å². The van der Waals surface area contributed by atoms with Gasteiger partial charge in [-0.05, 0) is 25.5 Å². The summed E-state index contributed by atoms with van der Waals surface area (Å²) in [6, 6.07) is 8.63. The maximum absolute atomic E-state index is 14.3.